The zero-order valence-electron chi connectivity index (χ0n) is 13.4. The van der Waals surface area contributed by atoms with Crippen molar-refractivity contribution in [2.45, 2.75) is 40.2 Å². The topological polar surface area (TPSA) is 46.6 Å². The highest BCUT2D eigenvalue weighted by Gasteiger charge is 2.21. The molecule has 0 heterocycles. The van der Waals surface area contributed by atoms with Crippen LogP contribution in [0.15, 0.2) is 24.3 Å². The van der Waals surface area contributed by atoms with E-state index >= 15 is 0 Å². The number of aryl methyl sites for hydroxylation is 1. The second-order valence-corrected chi connectivity index (χ2v) is 5.43. The summed E-state index contributed by atoms with van der Waals surface area (Å²) in [5.41, 5.74) is 2.26. The number of nitrogens with zero attached hydrogens (tertiary/aromatic N) is 1. The van der Waals surface area contributed by atoms with E-state index in [1.807, 2.05) is 38.1 Å². The van der Waals surface area contributed by atoms with E-state index in [0.717, 1.165) is 12.0 Å². The summed E-state index contributed by atoms with van der Waals surface area (Å²) in [5, 5.41) is 0. The molecule has 1 amide bonds. The van der Waals surface area contributed by atoms with E-state index in [1.165, 1.54) is 12.7 Å². The van der Waals surface area contributed by atoms with Crippen molar-refractivity contribution in [2.24, 2.45) is 5.92 Å². The molecular weight excluding hydrogens is 266 g/mol. The van der Waals surface area contributed by atoms with Crippen molar-refractivity contribution >= 4 is 11.9 Å². The molecule has 1 rings (SSSR count). The molecule has 0 aliphatic heterocycles. The Balaban J connectivity index is 2.79. The smallest absolute Gasteiger partial charge is 0.310 e. The Morgan fingerprint density at radius 1 is 1.24 bits per heavy atom. The quantitative estimate of drug-likeness (QED) is 0.726. The third-order valence-electron chi connectivity index (χ3n) is 3.41. The summed E-state index contributed by atoms with van der Waals surface area (Å²) in [4.78, 5) is 25.5. The SMILES string of the molecule is CCCC(=O)N(Cc1ccc(C)cc1)CC(C)C(=O)OC. The lowest BCUT2D eigenvalue weighted by Gasteiger charge is -2.25. The lowest BCUT2D eigenvalue weighted by molar-refractivity contribution is -0.146. The summed E-state index contributed by atoms with van der Waals surface area (Å²) in [6.07, 6.45) is 1.30. The minimum absolute atomic E-state index is 0.0776. The summed E-state index contributed by atoms with van der Waals surface area (Å²) < 4.78 is 4.74. The number of hydrogen-bond acceptors (Lipinski definition) is 3. The third kappa shape index (κ3) is 5.58. The predicted molar refractivity (Wildman–Crippen MR) is 82.7 cm³/mol. The van der Waals surface area contributed by atoms with Crippen LogP contribution in [0.4, 0.5) is 0 Å². The Bertz CT molecular complexity index is 467. The van der Waals surface area contributed by atoms with Crippen molar-refractivity contribution in [3.05, 3.63) is 35.4 Å². The van der Waals surface area contributed by atoms with Gasteiger partial charge >= 0.3 is 5.97 Å². The van der Waals surface area contributed by atoms with E-state index in [1.54, 1.807) is 11.8 Å². The molecule has 0 spiro atoms. The highest BCUT2D eigenvalue weighted by atomic mass is 16.5. The van der Waals surface area contributed by atoms with Crippen LogP contribution in [0.5, 0.6) is 0 Å². The van der Waals surface area contributed by atoms with Gasteiger partial charge in [-0.15, -0.1) is 0 Å². The molecule has 4 nitrogen and oxygen atoms in total. The zero-order chi connectivity index (χ0) is 15.8. The minimum atomic E-state index is -0.318. The van der Waals surface area contributed by atoms with Gasteiger partial charge in [0.15, 0.2) is 0 Å². The molecule has 4 heteroatoms. The van der Waals surface area contributed by atoms with Crippen LogP contribution in [-0.4, -0.2) is 30.4 Å². The number of carbonyl (C=O) groups is 2. The van der Waals surface area contributed by atoms with E-state index in [4.69, 9.17) is 4.74 Å². The Labute approximate surface area is 127 Å². The Morgan fingerprint density at radius 2 is 1.86 bits per heavy atom. The molecule has 1 aromatic carbocycles. The van der Waals surface area contributed by atoms with Crippen LogP contribution in [0.25, 0.3) is 0 Å². The fourth-order valence-electron chi connectivity index (χ4n) is 2.15. The first-order valence-corrected chi connectivity index (χ1v) is 7.39. The fraction of sp³-hybridized carbons (Fsp3) is 0.529. The summed E-state index contributed by atoms with van der Waals surface area (Å²) >= 11 is 0. The maximum absolute atomic E-state index is 12.2. The molecule has 0 radical (unpaired) electrons. The van der Waals surface area contributed by atoms with Crippen molar-refractivity contribution in [3.63, 3.8) is 0 Å². The van der Waals surface area contributed by atoms with Crippen molar-refractivity contribution in [2.75, 3.05) is 13.7 Å². The van der Waals surface area contributed by atoms with Crippen LogP contribution in [0, 0.1) is 12.8 Å². The molecule has 1 atom stereocenters. The van der Waals surface area contributed by atoms with Gasteiger partial charge in [-0.3, -0.25) is 9.59 Å². The summed E-state index contributed by atoms with van der Waals surface area (Å²) in [5.74, 6) is -0.525. The molecule has 116 valence electrons. The monoisotopic (exact) mass is 291 g/mol. The summed E-state index contributed by atoms with van der Waals surface area (Å²) in [6, 6.07) is 8.10. The molecule has 1 aromatic rings. The van der Waals surface area contributed by atoms with Crippen LogP contribution in [-0.2, 0) is 20.9 Å². The number of carbonyl (C=O) groups excluding carboxylic acids is 2. The third-order valence-corrected chi connectivity index (χ3v) is 3.41. The molecule has 21 heavy (non-hydrogen) atoms. The number of hydrogen-bond donors (Lipinski definition) is 0. The standard InChI is InChI=1S/C17H25NO3/c1-5-6-16(19)18(11-14(3)17(20)21-4)12-15-9-7-13(2)8-10-15/h7-10,14H,5-6,11-12H2,1-4H3. The van der Waals surface area contributed by atoms with Gasteiger partial charge in [0.1, 0.15) is 0 Å². The molecule has 0 N–H and O–H groups in total. The highest BCUT2D eigenvalue weighted by Crippen LogP contribution is 2.12. The highest BCUT2D eigenvalue weighted by molar-refractivity contribution is 5.78. The van der Waals surface area contributed by atoms with Gasteiger partial charge in [-0.05, 0) is 18.9 Å². The molecule has 0 aromatic heterocycles. The van der Waals surface area contributed by atoms with Crippen molar-refractivity contribution in [3.8, 4) is 0 Å². The second-order valence-electron chi connectivity index (χ2n) is 5.43. The zero-order valence-corrected chi connectivity index (χ0v) is 13.4. The molecule has 0 aliphatic carbocycles. The van der Waals surface area contributed by atoms with Crippen molar-refractivity contribution in [1.29, 1.82) is 0 Å². The van der Waals surface area contributed by atoms with Crippen LogP contribution in [0.1, 0.15) is 37.8 Å². The first kappa shape index (κ1) is 17.2. The average Bonchev–Trinajstić information content (AvgIpc) is 2.48. The van der Waals surface area contributed by atoms with Gasteiger partial charge in [-0.2, -0.15) is 0 Å². The van der Waals surface area contributed by atoms with Crippen molar-refractivity contribution < 1.29 is 14.3 Å². The molecule has 0 bridgehead atoms. The normalized spacial score (nSPS) is 11.8. The lowest BCUT2D eigenvalue weighted by atomic mass is 10.1. The molecule has 0 saturated heterocycles. The van der Waals surface area contributed by atoms with Gasteiger partial charge in [0.05, 0.1) is 13.0 Å². The first-order valence-electron chi connectivity index (χ1n) is 7.39. The van der Waals surface area contributed by atoms with Crippen LogP contribution >= 0.6 is 0 Å². The van der Waals surface area contributed by atoms with E-state index in [-0.39, 0.29) is 17.8 Å². The number of esters is 1. The Kier molecular flexibility index (Phi) is 6.92. The fourth-order valence-corrected chi connectivity index (χ4v) is 2.15. The number of amides is 1. The second kappa shape index (κ2) is 8.45. The number of methoxy groups -OCH3 is 1. The van der Waals surface area contributed by atoms with Gasteiger partial charge in [0.25, 0.3) is 0 Å². The molecule has 0 saturated carbocycles. The van der Waals surface area contributed by atoms with Gasteiger partial charge in [-0.1, -0.05) is 43.7 Å². The maximum Gasteiger partial charge on any atom is 0.310 e. The van der Waals surface area contributed by atoms with E-state index < -0.39 is 0 Å². The Morgan fingerprint density at radius 3 is 2.38 bits per heavy atom. The van der Waals surface area contributed by atoms with Gasteiger partial charge < -0.3 is 9.64 Å². The van der Waals surface area contributed by atoms with Gasteiger partial charge in [0.2, 0.25) is 5.91 Å². The Hall–Kier alpha value is -1.84. The molecule has 0 fully saturated rings. The van der Waals surface area contributed by atoms with Gasteiger partial charge in [-0.25, -0.2) is 0 Å². The van der Waals surface area contributed by atoms with E-state index in [2.05, 4.69) is 0 Å². The van der Waals surface area contributed by atoms with E-state index in [0.29, 0.717) is 19.5 Å². The number of benzene rings is 1. The summed E-state index contributed by atoms with van der Waals surface area (Å²) in [6.45, 7) is 6.71. The summed E-state index contributed by atoms with van der Waals surface area (Å²) in [7, 11) is 1.37. The predicted octanol–water partition coefficient (Wildman–Crippen LogP) is 2.93. The van der Waals surface area contributed by atoms with Gasteiger partial charge in [0, 0.05) is 19.5 Å². The average molecular weight is 291 g/mol. The van der Waals surface area contributed by atoms with Crippen LogP contribution < -0.4 is 0 Å². The van der Waals surface area contributed by atoms with E-state index in [9.17, 15) is 9.59 Å². The minimum Gasteiger partial charge on any atom is -0.469 e. The molecule has 1 unspecified atom stereocenters. The number of ether oxygens (including phenoxy) is 1. The molecular formula is C17H25NO3. The molecule has 0 aliphatic rings. The maximum atomic E-state index is 12.2. The largest absolute Gasteiger partial charge is 0.469 e. The number of rotatable bonds is 7. The van der Waals surface area contributed by atoms with Crippen LogP contribution in [0.3, 0.4) is 0 Å². The lowest BCUT2D eigenvalue weighted by Crippen LogP contribution is -2.36. The van der Waals surface area contributed by atoms with Crippen molar-refractivity contribution in [1.82, 2.24) is 4.90 Å². The van der Waals surface area contributed by atoms with Crippen LogP contribution in [0.2, 0.25) is 0 Å². The first-order chi connectivity index (χ1) is 9.97.